The van der Waals surface area contributed by atoms with E-state index in [2.05, 4.69) is 6.92 Å². The molecule has 0 aliphatic rings. The molecule has 3 nitrogen and oxygen atoms in total. The van der Waals surface area contributed by atoms with Gasteiger partial charge in [-0.25, -0.2) is 0 Å². The zero-order valence-electron chi connectivity index (χ0n) is 12.1. The SMILES string of the molecule is CCCc1ccc(/C=C/c2ccc(CO)c(O)c2)c(O)c1. The Bertz CT molecular complexity index is 645. The first-order valence-electron chi connectivity index (χ1n) is 7.06. The second kappa shape index (κ2) is 6.95. The first-order valence-corrected chi connectivity index (χ1v) is 7.06. The van der Waals surface area contributed by atoms with Crippen LogP contribution in [0.1, 0.15) is 35.6 Å². The van der Waals surface area contributed by atoms with Crippen molar-refractivity contribution in [2.45, 2.75) is 26.4 Å². The first-order chi connectivity index (χ1) is 10.1. The molecule has 0 bridgehead atoms. The second-order valence-electron chi connectivity index (χ2n) is 5.02. The van der Waals surface area contributed by atoms with E-state index < -0.39 is 0 Å². The fourth-order valence-corrected chi connectivity index (χ4v) is 2.18. The number of rotatable bonds is 5. The van der Waals surface area contributed by atoms with Gasteiger partial charge in [0.15, 0.2) is 0 Å². The van der Waals surface area contributed by atoms with Gasteiger partial charge in [0.2, 0.25) is 0 Å². The molecule has 0 atom stereocenters. The Balaban J connectivity index is 2.19. The lowest BCUT2D eigenvalue weighted by molar-refractivity contribution is 0.275. The number of phenolic OH excluding ortho intramolecular Hbond substituents is 1. The van der Waals surface area contributed by atoms with Crippen LogP contribution in [0.15, 0.2) is 36.4 Å². The summed E-state index contributed by atoms with van der Waals surface area (Å²) in [4.78, 5) is 0. The maximum absolute atomic E-state index is 10.00. The van der Waals surface area contributed by atoms with E-state index in [9.17, 15) is 10.2 Å². The van der Waals surface area contributed by atoms with Crippen LogP contribution >= 0.6 is 0 Å². The predicted octanol–water partition coefficient (Wildman–Crippen LogP) is 3.71. The lowest BCUT2D eigenvalue weighted by Crippen LogP contribution is -1.85. The van der Waals surface area contributed by atoms with Crippen LogP contribution in [0.3, 0.4) is 0 Å². The summed E-state index contributed by atoms with van der Waals surface area (Å²) in [5, 5.41) is 28.7. The minimum absolute atomic E-state index is 0.0714. The number of aryl methyl sites for hydroxylation is 1. The summed E-state index contributed by atoms with van der Waals surface area (Å²) in [6.45, 7) is 1.92. The molecule has 2 aromatic carbocycles. The quantitative estimate of drug-likeness (QED) is 0.733. The maximum Gasteiger partial charge on any atom is 0.123 e. The summed E-state index contributed by atoms with van der Waals surface area (Å²) >= 11 is 0. The third kappa shape index (κ3) is 3.86. The number of benzene rings is 2. The number of aromatic hydroxyl groups is 2. The molecule has 0 unspecified atom stereocenters. The predicted molar refractivity (Wildman–Crippen MR) is 85.1 cm³/mol. The number of hydrogen-bond acceptors (Lipinski definition) is 3. The normalized spacial score (nSPS) is 11.1. The minimum atomic E-state index is -0.185. The Morgan fingerprint density at radius 2 is 1.76 bits per heavy atom. The van der Waals surface area contributed by atoms with Gasteiger partial charge in [0.1, 0.15) is 11.5 Å². The minimum Gasteiger partial charge on any atom is -0.508 e. The van der Waals surface area contributed by atoms with Crippen LogP contribution in [-0.4, -0.2) is 15.3 Å². The molecule has 0 aliphatic heterocycles. The van der Waals surface area contributed by atoms with Crippen LogP contribution in [0, 0.1) is 0 Å². The van der Waals surface area contributed by atoms with Crippen molar-refractivity contribution in [2.24, 2.45) is 0 Å². The van der Waals surface area contributed by atoms with Crippen molar-refractivity contribution in [3.8, 4) is 11.5 Å². The Kier molecular flexibility index (Phi) is 5.01. The molecule has 3 N–H and O–H groups in total. The first kappa shape index (κ1) is 15.1. The van der Waals surface area contributed by atoms with Gasteiger partial charge in [0, 0.05) is 11.1 Å². The third-order valence-electron chi connectivity index (χ3n) is 3.37. The van der Waals surface area contributed by atoms with E-state index in [0.29, 0.717) is 5.56 Å². The molecule has 110 valence electrons. The molecule has 0 aliphatic carbocycles. The number of aliphatic hydroxyl groups is 1. The van der Waals surface area contributed by atoms with Gasteiger partial charge >= 0.3 is 0 Å². The van der Waals surface area contributed by atoms with E-state index in [1.54, 1.807) is 24.3 Å². The highest BCUT2D eigenvalue weighted by Crippen LogP contribution is 2.24. The molecule has 21 heavy (non-hydrogen) atoms. The highest BCUT2D eigenvalue weighted by Gasteiger charge is 2.01. The van der Waals surface area contributed by atoms with E-state index in [4.69, 9.17) is 5.11 Å². The van der Waals surface area contributed by atoms with Gasteiger partial charge in [-0.05, 0) is 29.7 Å². The standard InChI is InChI=1S/C18H20O3/c1-2-3-13-4-7-15(17(20)10-13)8-5-14-6-9-16(12-19)18(21)11-14/h4-11,19-21H,2-3,12H2,1H3/b8-5+. The second-order valence-corrected chi connectivity index (χ2v) is 5.02. The van der Waals surface area contributed by atoms with E-state index >= 15 is 0 Å². The molecule has 0 spiro atoms. The number of phenols is 2. The molecular formula is C18H20O3. The molecule has 3 heteroatoms. The highest BCUT2D eigenvalue weighted by atomic mass is 16.3. The largest absolute Gasteiger partial charge is 0.508 e. The van der Waals surface area contributed by atoms with Crippen LogP contribution in [0.5, 0.6) is 11.5 Å². The zero-order chi connectivity index (χ0) is 15.2. The Labute approximate surface area is 124 Å². The summed E-state index contributed by atoms with van der Waals surface area (Å²) in [5.74, 6) is 0.329. The maximum atomic E-state index is 10.00. The Morgan fingerprint density at radius 3 is 2.38 bits per heavy atom. The van der Waals surface area contributed by atoms with Crippen molar-refractivity contribution in [3.05, 3.63) is 58.7 Å². The monoisotopic (exact) mass is 284 g/mol. The molecule has 0 amide bonds. The van der Waals surface area contributed by atoms with Crippen molar-refractivity contribution in [3.63, 3.8) is 0 Å². The molecule has 0 saturated carbocycles. The van der Waals surface area contributed by atoms with E-state index in [0.717, 1.165) is 29.5 Å². The third-order valence-corrected chi connectivity index (χ3v) is 3.37. The molecular weight excluding hydrogens is 264 g/mol. The summed E-state index contributed by atoms with van der Waals surface area (Å²) in [5.41, 5.74) is 3.17. The van der Waals surface area contributed by atoms with Crippen molar-refractivity contribution in [1.82, 2.24) is 0 Å². The summed E-state index contributed by atoms with van der Waals surface area (Å²) in [6, 6.07) is 10.8. The van der Waals surface area contributed by atoms with Crippen LogP contribution in [0.2, 0.25) is 0 Å². The lowest BCUT2D eigenvalue weighted by Gasteiger charge is -2.04. The van der Waals surface area contributed by atoms with Gasteiger partial charge in [-0.15, -0.1) is 0 Å². The van der Waals surface area contributed by atoms with Gasteiger partial charge in [0.25, 0.3) is 0 Å². The average molecular weight is 284 g/mol. The van der Waals surface area contributed by atoms with E-state index in [1.165, 1.54) is 0 Å². The van der Waals surface area contributed by atoms with Crippen molar-refractivity contribution in [1.29, 1.82) is 0 Å². The number of aliphatic hydroxyl groups excluding tert-OH is 1. The van der Waals surface area contributed by atoms with Gasteiger partial charge in [-0.3, -0.25) is 0 Å². The van der Waals surface area contributed by atoms with Gasteiger partial charge < -0.3 is 15.3 Å². The van der Waals surface area contributed by atoms with Crippen LogP contribution in [0.4, 0.5) is 0 Å². The summed E-state index contributed by atoms with van der Waals surface area (Å²) in [7, 11) is 0. The van der Waals surface area contributed by atoms with E-state index in [-0.39, 0.29) is 18.1 Å². The molecule has 2 rings (SSSR count). The van der Waals surface area contributed by atoms with Gasteiger partial charge in [0.05, 0.1) is 6.61 Å². The molecule has 0 fully saturated rings. The number of hydrogen-bond donors (Lipinski definition) is 3. The fourth-order valence-electron chi connectivity index (χ4n) is 2.18. The fraction of sp³-hybridized carbons (Fsp3) is 0.222. The summed E-state index contributed by atoms with van der Waals surface area (Å²) < 4.78 is 0. The molecule has 0 saturated heterocycles. The van der Waals surface area contributed by atoms with E-state index in [1.807, 2.05) is 24.3 Å². The van der Waals surface area contributed by atoms with Crippen molar-refractivity contribution < 1.29 is 15.3 Å². The van der Waals surface area contributed by atoms with Crippen LogP contribution < -0.4 is 0 Å². The van der Waals surface area contributed by atoms with Gasteiger partial charge in [-0.1, -0.05) is 49.8 Å². The summed E-state index contributed by atoms with van der Waals surface area (Å²) in [6.07, 6.45) is 5.62. The topological polar surface area (TPSA) is 60.7 Å². The Morgan fingerprint density at radius 1 is 0.952 bits per heavy atom. The highest BCUT2D eigenvalue weighted by molar-refractivity contribution is 5.73. The van der Waals surface area contributed by atoms with Crippen molar-refractivity contribution >= 4 is 12.2 Å². The Hall–Kier alpha value is -2.26. The molecule has 0 aromatic heterocycles. The average Bonchev–Trinajstić information content (AvgIpc) is 2.47. The van der Waals surface area contributed by atoms with Crippen molar-refractivity contribution in [2.75, 3.05) is 0 Å². The van der Waals surface area contributed by atoms with Crippen LogP contribution in [0.25, 0.3) is 12.2 Å². The zero-order valence-corrected chi connectivity index (χ0v) is 12.1. The smallest absolute Gasteiger partial charge is 0.123 e. The van der Waals surface area contributed by atoms with Crippen LogP contribution in [-0.2, 0) is 13.0 Å². The molecule has 0 heterocycles. The molecule has 2 aromatic rings. The van der Waals surface area contributed by atoms with Gasteiger partial charge in [-0.2, -0.15) is 0 Å². The molecule has 0 radical (unpaired) electrons. The lowest BCUT2D eigenvalue weighted by atomic mass is 10.0.